The summed E-state index contributed by atoms with van der Waals surface area (Å²) in [5.41, 5.74) is 1.04. The second-order valence-corrected chi connectivity index (χ2v) is 10.9. The largest absolute Gasteiger partial charge is 0.496 e. The number of carbonyl (C=O) groups is 3. The molecule has 13 heteroatoms. The fraction of sp³-hybridized carbons (Fsp3) is 0.130. The second-order valence-electron chi connectivity index (χ2n) is 7.34. The molecule has 1 aliphatic rings. The molecule has 2 heterocycles. The molecule has 0 aliphatic carbocycles. The van der Waals surface area contributed by atoms with Crippen LogP contribution in [0, 0.1) is 0 Å². The Kier molecular flexibility index (Phi) is 7.72. The molecular formula is C23H20N4O6S3. The Bertz CT molecular complexity index is 1420. The number of nitrogens with one attached hydrogen (secondary N) is 2. The fourth-order valence-electron chi connectivity index (χ4n) is 3.22. The maximum atomic E-state index is 12.7. The number of hydrogen-bond acceptors (Lipinski definition) is 9. The molecule has 0 spiro atoms. The van der Waals surface area contributed by atoms with Gasteiger partial charge in [-0.2, -0.15) is 0 Å². The highest BCUT2D eigenvalue weighted by Crippen LogP contribution is 2.34. The Morgan fingerprint density at radius 2 is 1.89 bits per heavy atom. The number of rotatable bonds is 9. The molecule has 186 valence electrons. The van der Waals surface area contributed by atoms with Crippen LogP contribution in [0.4, 0.5) is 15.6 Å². The molecule has 1 aromatic heterocycles. The van der Waals surface area contributed by atoms with Crippen LogP contribution in [0.1, 0.15) is 12.0 Å². The molecular weight excluding hydrogens is 524 g/mol. The number of imide groups is 1. The van der Waals surface area contributed by atoms with E-state index in [-0.39, 0.29) is 27.9 Å². The summed E-state index contributed by atoms with van der Waals surface area (Å²) in [5.74, 6) is -0.341. The van der Waals surface area contributed by atoms with Crippen molar-refractivity contribution in [2.24, 2.45) is 0 Å². The smallest absolute Gasteiger partial charge is 0.293 e. The summed E-state index contributed by atoms with van der Waals surface area (Å²) >= 11 is 1.95. The Morgan fingerprint density at radius 1 is 1.14 bits per heavy atom. The number of para-hydroxylation sites is 1. The van der Waals surface area contributed by atoms with Gasteiger partial charge in [0.2, 0.25) is 5.91 Å². The summed E-state index contributed by atoms with van der Waals surface area (Å²) in [4.78, 5) is 42.6. The van der Waals surface area contributed by atoms with Crippen LogP contribution in [0.15, 0.2) is 69.9 Å². The van der Waals surface area contributed by atoms with Crippen molar-refractivity contribution in [2.45, 2.75) is 11.3 Å². The average molecular weight is 545 g/mol. The van der Waals surface area contributed by atoms with E-state index in [0.717, 1.165) is 28.0 Å². The number of amides is 3. The van der Waals surface area contributed by atoms with Crippen LogP contribution in [0.25, 0.3) is 6.08 Å². The van der Waals surface area contributed by atoms with E-state index in [2.05, 4.69) is 15.0 Å². The highest BCUT2D eigenvalue weighted by atomic mass is 32.2. The summed E-state index contributed by atoms with van der Waals surface area (Å²) < 4.78 is 32.5. The van der Waals surface area contributed by atoms with Crippen molar-refractivity contribution in [3.8, 4) is 5.75 Å². The van der Waals surface area contributed by atoms with Gasteiger partial charge in [-0.05, 0) is 48.2 Å². The number of anilines is 2. The van der Waals surface area contributed by atoms with E-state index >= 15 is 0 Å². The third-order valence-corrected chi connectivity index (χ3v) is 8.04. The highest BCUT2D eigenvalue weighted by Gasteiger charge is 2.35. The van der Waals surface area contributed by atoms with Crippen molar-refractivity contribution in [2.75, 3.05) is 23.7 Å². The molecule has 0 saturated carbocycles. The van der Waals surface area contributed by atoms with E-state index in [4.69, 9.17) is 4.74 Å². The highest BCUT2D eigenvalue weighted by molar-refractivity contribution is 8.18. The second kappa shape index (κ2) is 10.9. The molecule has 2 N–H and O–H groups in total. The van der Waals surface area contributed by atoms with Gasteiger partial charge in [-0.25, -0.2) is 13.4 Å². The SMILES string of the molecule is COc1ccccc1/C=C1\SC(=O)N(CCC(=O)Nc2ccc(S(=O)(=O)Nc3nccs3)cc2)C1=O. The third-order valence-electron chi connectivity index (χ3n) is 4.96. The first kappa shape index (κ1) is 25.4. The maximum Gasteiger partial charge on any atom is 0.293 e. The van der Waals surface area contributed by atoms with Crippen molar-refractivity contribution >= 4 is 67.1 Å². The zero-order valence-electron chi connectivity index (χ0n) is 18.8. The topological polar surface area (TPSA) is 135 Å². The van der Waals surface area contributed by atoms with E-state index in [1.54, 1.807) is 35.7 Å². The zero-order chi connectivity index (χ0) is 25.7. The summed E-state index contributed by atoms with van der Waals surface area (Å²) in [6.45, 7) is -0.0933. The van der Waals surface area contributed by atoms with E-state index in [1.165, 1.54) is 37.6 Å². The lowest BCUT2D eigenvalue weighted by molar-refractivity contribution is -0.123. The van der Waals surface area contributed by atoms with E-state index < -0.39 is 27.1 Å². The summed E-state index contributed by atoms with van der Waals surface area (Å²) in [6, 6.07) is 12.7. The number of aromatic nitrogens is 1. The summed E-state index contributed by atoms with van der Waals surface area (Å²) in [5, 5.41) is 4.07. The maximum absolute atomic E-state index is 12.7. The minimum Gasteiger partial charge on any atom is -0.496 e. The predicted molar refractivity (Wildman–Crippen MR) is 138 cm³/mol. The van der Waals surface area contributed by atoms with Crippen molar-refractivity contribution in [1.29, 1.82) is 0 Å². The van der Waals surface area contributed by atoms with Gasteiger partial charge in [0.1, 0.15) is 5.75 Å². The van der Waals surface area contributed by atoms with E-state index in [0.29, 0.717) is 17.0 Å². The Balaban J connectivity index is 1.34. The van der Waals surface area contributed by atoms with Crippen LogP contribution in [0.3, 0.4) is 0 Å². The predicted octanol–water partition coefficient (Wildman–Crippen LogP) is 4.02. The lowest BCUT2D eigenvalue weighted by Gasteiger charge is -2.12. The average Bonchev–Trinajstić information content (AvgIpc) is 3.45. The van der Waals surface area contributed by atoms with Crippen molar-refractivity contribution in [1.82, 2.24) is 9.88 Å². The van der Waals surface area contributed by atoms with Gasteiger partial charge < -0.3 is 10.1 Å². The number of nitrogens with zero attached hydrogens (tertiary/aromatic N) is 2. The molecule has 3 aromatic rings. The summed E-state index contributed by atoms with van der Waals surface area (Å²) in [6.07, 6.45) is 2.95. The minimum absolute atomic E-state index is 0.00958. The molecule has 3 amide bonds. The lowest BCUT2D eigenvalue weighted by atomic mass is 10.2. The van der Waals surface area contributed by atoms with Crippen molar-refractivity contribution in [3.63, 3.8) is 0 Å². The van der Waals surface area contributed by atoms with Crippen LogP contribution in [-0.4, -0.2) is 49.0 Å². The van der Waals surface area contributed by atoms with E-state index in [9.17, 15) is 22.8 Å². The quantitative estimate of drug-likeness (QED) is 0.386. The molecule has 1 saturated heterocycles. The number of ether oxygens (including phenoxy) is 1. The van der Waals surface area contributed by atoms with Gasteiger partial charge >= 0.3 is 0 Å². The van der Waals surface area contributed by atoms with Gasteiger partial charge in [-0.15, -0.1) is 11.3 Å². The molecule has 2 aromatic carbocycles. The fourth-order valence-corrected chi connectivity index (χ4v) is 5.87. The molecule has 10 nitrogen and oxygen atoms in total. The van der Waals surface area contributed by atoms with Crippen LogP contribution in [0.5, 0.6) is 5.75 Å². The van der Waals surface area contributed by atoms with Crippen LogP contribution >= 0.6 is 23.1 Å². The monoisotopic (exact) mass is 544 g/mol. The lowest BCUT2D eigenvalue weighted by Crippen LogP contribution is -2.31. The van der Waals surface area contributed by atoms with Gasteiger partial charge in [0, 0.05) is 35.8 Å². The summed E-state index contributed by atoms with van der Waals surface area (Å²) in [7, 11) is -2.29. The molecule has 0 bridgehead atoms. The number of carbonyl (C=O) groups excluding carboxylic acids is 3. The van der Waals surface area contributed by atoms with Crippen molar-refractivity contribution in [3.05, 3.63) is 70.6 Å². The number of sulfonamides is 1. The van der Waals surface area contributed by atoms with E-state index in [1.807, 2.05) is 0 Å². The van der Waals surface area contributed by atoms with Gasteiger partial charge in [-0.1, -0.05) is 18.2 Å². The molecule has 0 atom stereocenters. The number of thiazole rings is 1. The molecule has 1 fully saturated rings. The first-order valence-electron chi connectivity index (χ1n) is 10.5. The molecule has 1 aliphatic heterocycles. The number of methoxy groups -OCH3 is 1. The molecule has 4 rings (SSSR count). The Labute approximate surface area is 215 Å². The molecule has 0 radical (unpaired) electrons. The standard InChI is InChI=1S/C23H20N4O6S3/c1-33-18-5-3-2-4-15(18)14-19-21(29)27(23(30)35-19)12-10-20(28)25-16-6-8-17(9-7-16)36(31,32)26-22-24-11-13-34-22/h2-9,11,13-14H,10,12H2,1H3,(H,24,26)(H,25,28)/b19-14-. The van der Waals surface area contributed by atoms with Crippen LogP contribution in [-0.2, 0) is 19.6 Å². The van der Waals surface area contributed by atoms with Crippen LogP contribution in [0.2, 0.25) is 0 Å². The normalized spacial score (nSPS) is 14.8. The number of hydrogen-bond donors (Lipinski definition) is 2. The van der Waals surface area contributed by atoms with Gasteiger partial charge in [0.25, 0.3) is 21.2 Å². The number of benzene rings is 2. The Morgan fingerprint density at radius 3 is 2.58 bits per heavy atom. The first-order valence-corrected chi connectivity index (χ1v) is 13.7. The minimum atomic E-state index is -3.81. The van der Waals surface area contributed by atoms with Crippen LogP contribution < -0.4 is 14.8 Å². The Hall–Kier alpha value is -3.68. The third kappa shape index (κ3) is 5.93. The number of thioether (sulfide) groups is 1. The van der Waals surface area contributed by atoms with Gasteiger partial charge in [0.15, 0.2) is 5.13 Å². The van der Waals surface area contributed by atoms with Crippen molar-refractivity contribution < 1.29 is 27.5 Å². The first-order chi connectivity index (χ1) is 17.3. The van der Waals surface area contributed by atoms with Gasteiger partial charge in [0.05, 0.1) is 16.9 Å². The zero-order valence-corrected chi connectivity index (χ0v) is 21.3. The van der Waals surface area contributed by atoms with Gasteiger partial charge in [-0.3, -0.25) is 24.0 Å². The molecule has 36 heavy (non-hydrogen) atoms. The molecule has 0 unspecified atom stereocenters.